The van der Waals surface area contributed by atoms with Crippen LogP contribution in [0.1, 0.15) is 13.3 Å². The predicted molar refractivity (Wildman–Crippen MR) is 71.3 cm³/mol. The highest BCUT2D eigenvalue weighted by Gasteiger charge is 2.13. The van der Waals surface area contributed by atoms with Gasteiger partial charge in [0.25, 0.3) is 0 Å². The van der Waals surface area contributed by atoms with E-state index in [2.05, 4.69) is 15.5 Å². The molecule has 1 amide bonds. The third-order valence-corrected chi connectivity index (χ3v) is 4.68. The first kappa shape index (κ1) is 15.4. The van der Waals surface area contributed by atoms with E-state index in [0.717, 1.165) is 32.6 Å². The maximum absolute atomic E-state index is 11.6. The summed E-state index contributed by atoms with van der Waals surface area (Å²) in [4.78, 5) is 13.7. The lowest BCUT2D eigenvalue weighted by Crippen LogP contribution is -2.40. The van der Waals surface area contributed by atoms with E-state index < -0.39 is 9.84 Å². The Morgan fingerprint density at radius 1 is 1.33 bits per heavy atom. The molecule has 0 unspecified atom stereocenters. The Bertz CT molecular complexity index is 349. The van der Waals surface area contributed by atoms with Crippen LogP contribution in [0.15, 0.2) is 0 Å². The van der Waals surface area contributed by atoms with E-state index in [-0.39, 0.29) is 24.0 Å². The molecule has 7 heteroatoms. The normalized spacial score (nSPS) is 18.3. The zero-order chi connectivity index (χ0) is 13.4. The Hall–Kier alpha value is -0.660. The number of carbonyl (C=O) groups is 1. The maximum atomic E-state index is 11.6. The lowest BCUT2D eigenvalue weighted by atomic mass is 10.4. The molecule has 0 aromatic rings. The topological polar surface area (TPSA) is 78.5 Å². The lowest BCUT2D eigenvalue weighted by Gasteiger charge is -2.18. The maximum Gasteiger partial charge on any atom is 0.234 e. The first-order valence-electron chi connectivity index (χ1n) is 6.43. The van der Waals surface area contributed by atoms with Crippen molar-refractivity contribution in [3.8, 4) is 0 Å². The average molecular weight is 277 g/mol. The van der Waals surface area contributed by atoms with Gasteiger partial charge in [-0.1, -0.05) is 6.92 Å². The highest BCUT2D eigenvalue weighted by atomic mass is 32.2. The van der Waals surface area contributed by atoms with Crippen LogP contribution in [0.2, 0.25) is 0 Å². The summed E-state index contributed by atoms with van der Waals surface area (Å²) in [6, 6.07) is 0. The minimum absolute atomic E-state index is 0.0246. The summed E-state index contributed by atoms with van der Waals surface area (Å²) in [6.45, 7) is 5.84. The van der Waals surface area contributed by atoms with Gasteiger partial charge in [-0.15, -0.1) is 0 Å². The molecule has 0 aliphatic carbocycles. The average Bonchev–Trinajstić information content (AvgIpc) is 2.57. The van der Waals surface area contributed by atoms with Gasteiger partial charge in [0.15, 0.2) is 9.84 Å². The van der Waals surface area contributed by atoms with Crippen LogP contribution < -0.4 is 10.6 Å². The summed E-state index contributed by atoms with van der Waals surface area (Å²) in [6.07, 6.45) is 1.04. The van der Waals surface area contributed by atoms with E-state index in [9.17, 15) is 13.2 Å². The van der Waals surface area contributed by atoms with Gasteiger partial charge in [0.1, 0.15) is 0 Å². The second-order valence-corrected chi connectivity index (χ2v) is 6.94. The number of nitrogens with zero attached hydrogens (tertiary/aromatic N) is 1. The van der Waals surface area contributed by atoms with Crippen molar-refractivity contribution in [2.75, 3.05) is 50.8 Å². The zero-order valence-electron chi connectivity index (χ0n) is 10.9. The lowest BCUT2D eigenvalue weighted by molar-refractivity contribution is -0.122. The van der Waals surface area contributed by atoms with E-state index in [1.807, 2.05) is 0 Å². The van der Waals surface area contributed by atoms with Crippen LogP contribution in [0.5, 0.6) is 0 Å². The van der Waals surface area contributed by atoms with Gasteiger partial charge in [-0.25, -0.2) is 8.42 Å². The fourth-order valence-corrected chi connectivity index (χ4v) is 2.51. The molecular formula is C11H23N3O3S. The molecule has 1 aliphatic heterocycles. The third-order valence-electron chi connectivity index (χ3n) is 2.97. The Morgan fingerprint density at radius 2 is 2.11 bits per heavy atom. The van der Waals surface area contributed by atoms with Crippen molar-refractivity contribution >= 4 is 15.7 Å². The van der Waals surface area contributed by atoms with E-state index in [1.165, 1.54) is 0 Å². The van der Waals surface area contributed by atoms with Crippen molar-refractivity contribution in [2.24, 2.45) is 0 Å². The summed E-state index contributed by atoms with van der Waals surface area (Å²) in [5, 5.41) is 5.93. The highest BCUT2D eigenvalue weighted by molar-refractivity contribution is 7.91. The van der Waals surface area contributed by atoms with Crippen LogP contribution in [-0.2, 0) is 14.6 Å². The number of nitrogens with one attached hydrogen (secondary N) is 2. The Kier molecular flexibility index (Phi) is 6.59. The molecule has 1 aliphatic rings. The van der Waals surface area contributed by atoms with Crippen molar-refractivity contribution in [3.05, 3.63) is 0 Å². The molecule has 1 heterocycles. The fraction of sp³-hybridized carbons (Fsp3) is 0.909. The van der Waals surface area contributed by atoms with Crippen molar-refractivity contribution < 1.29 is 13.2 Å². The minimum Gasteiger partial charge on any atom is -0.354 e. The van der Waals surface area contributed by atoms with E-state index >= 15 is 0 Å². The number of rotatable bonds is 6. The van der Waals surface area contributed by atoms with Gasteiger partial charge >= 0.3 is 0 Å². The highest BCUT2D eigenvalue weighted by Crippen LogP contribution is 1.94. The van der Waals surface area contributed by atoms with Crippen LogP contribution in [0.4, 0.5) is 0 Å². The zero-order valence-corrected chi connectivity index (χ0v) is 11.8. The van der Waals surface area contributed by atoms with Gasteiger partial charge in [-0.05, 0) is 19.5 Å². The molecular weight excluding hydrogens is 254 g/mol. The van der Waals surface area contributed by atoms with Crippen molar-refractivity contribution in [1.29, 1.82) is 0 Å². The van der Waals surface area contributed by atoms with E-state index in [0.29, 0.717) is 6.54 Å². The van der Waals surface area contributed by atoms with Gasteiger partial charge in [0, 0.05) is 25.4 Å². The van der Waals surface area contributed by atoms with Crippen molar-refractivity contribution in [2.45, 2.75) is 13.3 Å². The molecule has 0 bridgehead atoms. The molecule has 1 saturated heterocycles. The largest absolute Gasteiger partial charge is 0.354 e. The molecule has 0 atom stereocenters. The Balaban J connectivity index is 2.20. The number of hydrogen-bond donors (Lipinski definition) is 2. The molecule has 0 saturated carbocycles. The van der Waals surface area contributed by atoms with Gasteiger partial charge in [-0.3, -0.25) is 9.69 Å². The summed E-state index contributed by atoms with van der Waals surface area (Å²) >= 11 is 0. The van der Waals surface area contributed by atoms with Gasteiger partial charge in [-0.2, -0.15) is 0 Å². The second-order valence-electron chi connectivity index (χ2n) is 4.47. The first-order valence-corrected chi connectivity index (χ1v) is 8.26. The fourth-order valence-electron chi connectivity index (χ4n) is 1.81. The first-order chi connectivity index (χ1) is 8.53. The van der Waals surface area contributed by atoms with Crippen LogP contribution >= 0.6 is 0 Å². The molecule has 6 nitrogen and oxygen atoms in total. The quantitative estimate of drug-likeness (QED) is 0.640. The van der Waals surface area contributed by atoms with Crippen LogP contribution in [-0.4, -0.2) is 70.0 Å². The number of hydrogen-bond acceptors (Lipinski definition) is 5. The smallest absolute Gasteiger partial charge is 0.234 e. The third kappa shape index (κ3) is 6.32. The van der Waals surface area contributed by atoms with Crippen LogP contribution in [0.25, 0.3) is 0 Å². The molecule has 1 rings (SSSR count). The molecule has 106 valence electrons. The molecule has 2 N–H and O–H groups in total. The molecule has 0 aromatic heterocycles. The molecule has 1 fully saturated rings. The van der Waals surface area contributed by atoms with E-state index in [4.69, 9.17) is 0 Å². The number of sulfone groups is 1. The molecule has 0 radical (unpaired) electrons. The number of amides is 1. The van der Waals surface area contributed by atoms with Gasteiger partial charge in [0.2, 0.25) is 5.91 Å². The summed E-state index contributed by atoms with van der Waals surface area (Å²) in [7, 11) is -2.99. The van der Waals surface area contributed by atoms with Crippen LogP contribution in [0, 0.1) is 0 Å². The van der Waals surface area contributed by atoms with Crippen LogP contribution in [0.3, 0.4) is 0 Å². The monoisotopic (exact) mass is 277 g/mol. The Morgan fingerprint density at radius 3 is 2.83 bits per heavy atom. The second kappa shape index (κ2) is 7.70. The van der Waals surface area contributed by atoms with Gasteiger partial charge < -0.3 is 10.6 Å². The summed E-state index contributed by atoms with van der Waals surface area (Å²) < 4.78 is 22.5. The van der Waals surface area contributed by atoms with E-state index in [1.54, 1.807) is 6.92 Å². The standard InChI is InChI=1S/C11H23N3O3S/c1-2-18(16,17)9-6-13-11(15)10-14-7-3-4-12-5-8-14/h12H,2-10H2,1H3,(H,13,15). The summed E-state index contributed by atoms with van der Waals surface area (Å²) in [5.74, 6) is 0.0560. The Labute approximate surface area is 109 Å². The molecule has 0 aromatic carbocycles. The SMILES string of the molecule is CCS(=O)(=O)CCNC(=O)CN1CCCNCC1. The van der Waals surface area contributed by atoms with Crippen molar-refractivity contribution in [1.82, 2.24) is 15.5 Å². The van der Waals surface area contributed by atoms with Crippen molar-refractivity contribution in [3.63, 3.8) is 0 Å². The minimum atomic E-state index is -2.99. The summed E-state index contributed by atoms with van der Waals surface area (Å²) in [5.41, 5.74) is 0. The number of carbonyl (C=O) groups excluding carboxylic acids is 1. The molecule has 18 heavy (non-hydrogen) atoms. The predicted octanol–water partition coefficient (Wildman–Crippen LogP) is -1.17. The van der Waals surface area contributed by atoms with Gasteiger partial charge in [0.05, 0.1) is 12.3 Å². The molecule has 0 spiro atoms.